The number of nitro groups is 1. The molecule has 0 aliphatic heterocycles. The minimum atomic E-state index is -0.463. The SMILES string of the molecule is CC1(C)CCC(Nc2ccc(O)cc2[N+](=O)[O-])CC1. The number of rotatable bonds is 3. The van der Waals surface area contributed by atoms with Crippen molar-refractivity contribution in [1.82, 2.24) is 0 Å². The number of nitro benzene ring substituents is 1. The second-order valence-corrected chi connectivity index (χ2v) is 6.04. The van der Waals surface area contributed by atoms with Gasteiger partial charge in [0.1, 0.15) is 11.4 Å². The van der Waals surface area contributed by atoms with Gasteiger partial charge < -0.3 is 10.4 Å². The minimum Gasteiger partial charge on any atom is -0.508 e. The van der Waals surface area contributed by atoms with Gasteiger partial charge in [0, 0.05) is 6.04 Å². The highest BCUT2D eigenvalue weighted by Gasteiger charge is 2.27. The summed E-state index contributed by atoms with van der Waals surface area (Å²) < 4.78 is 0. The molecule has 0 radical (unpaired) electrons. The molecule has 5 nitrogen and oxygen atoms in total. The van der Waals surface area contributed by atoms with Crippen LogP contribution in [0.3, 0.4) is 0 Å². The molecule has 19 heavy (non-hydrogen) atoms. The van der Waals surface area contributed by atoms with Gasteiger partial charge in [0.15, 0.2) is 0 Å². The lowest BCUT2D eigenvalue weighted by atomic mass is 9.75. The average Bonchev–Trinajstić information content (AvgIpc) is 2.33. The normalized spacial score (nSPS) is 19.1. The summed E-state index contributed by atoms with van der Waals surface area (Å²) in [7, 11) is 0. The van der Waals surface area contributed by atoms with E-state index < -0.39 is 4.92 Å². The Morgan fingerprint density at radius 1 is 1.37 bits per heavy atom. The third kappa shape index (κ3) is 3.36. The third-order valence-electron chi connectivity index (χ3n) is 3.88. The standard InChI is InChI=1S/C14H20N2O3/c1-14(2)7-5-10(6-8-14)15-12-4-3-11(17)9-13(12)16(18)19/h3-4,9-10,15,17H,5-8H2,1-2H3. The Morgan fingerprint density at radius 3 is 2.58 bits per heavy atom. The first-order chi connectivity index (χ1) is 8.87. The average molecular weight is 264 g/mol. The van der Waals surface area contributed by atoms with E-state index in [4.69, 9.17) is 0 Å². The Hall–Kier alpha value is -1.78. The van der Waals surface area contributed by atoms with Gasteiger partial charge in [-0.1, -0.05) is 13.8 Å². The molecule has 2 rings (SSSR count). The van der Waals surface area contributed by atoms with Crippen LogP contribution in [0.2, 0.25) is 0 Å². The van der Waals surface area contributed by atoms with E-state index in [0.29, 0.717) is 11.1 Å². The summed E-state index contributed by atoms with van der Waals surface area (Å²) in [6, 6.07) is 4.51. The largest absolute Gasteiger partial charge is 0.508 e. The number of anilines is 1. The van der Waals surface area contributed by atoms with Gasteiger partial charge >= 0.3 is 0 Å². The maximum atomic E-state index is 11.0. The van der Waals surface area contributed by atoms with Crippen LogP contribution >= 0.6 is 0 Å². The molecule has 1 aromatic carbocycles. The topological polar surface area (TPSA) is 75.4 Å². The maximum Gasteiger partial charge on any atom is 0.296 e. The highest BCUT2D eigenvalue weighted by atomic mass is 16.6. The van der Waals surface area contributed by atoms with Gasteiger partial charge in [-0.05, 0) is 43.2 Å². The van der Waals surface area contributed by atoms with E-state index in [1.54, 1.807) is 6.07 Å². The lowest BCUT2D eigenvalue weighted by molar-refractivity contribution is -0.384. The molecule has 0 heterocycles. The van der Waals surface area contributed by atoms with Crippen molar-refractivity contribution in [3.63, 3.8) is 0 Å². The van der Waals surface area contributed by atoms with Crippen LogP contribution in [0, 0.1) is 15.5 Å². The molecule has 0 amide bonds. The van der Waals surface area contributed by atoms with E-state index in [1.807, 2.05) is 0 Å². The molecule has 5 heteroatoms. The number of phenols is 1. The summed E-state index contributed by atoms with van der Waals surface area (Å²) in [5.74, 6) is -0.0815. The predicted octanol–water partition coefficient (Wildman–Crippen LogP) is 3.68. The number of nitrogens with zero attached hydrogens (tertiary/aromatic N) is 1. The molecule has 1 aliphatic carbocycles. The number of phenolic OH excluding ortho intramolecular Hbond substituents is 1. The van der Waals surface area contributed by atoms with E-state index >= 15 is 0 Å². The number of benzene rings is 1. The van der Waals surface area contributed by atoms with Crippen LogP contribution in [0.4, 0.5) is 11.4 Å². The first kappa shape index (κ1) is 13.6. The molecule has 0 atom stereocenters. The zero-order chi connectivity index (χ0) is 14.0. The molecule has 1 aromatic rings. The first-order valence-corrected chi connectivity index (χ1v) is 6.61. The van der Waals surface area contributed by atoms with Crippen LogP contribution < -0.4 is 5.32 Å². The van der Waals surface area contributed by atoms with Gasteiger partial charge in [-0.15, -0.1) is 0 Å². The van der Waals surface area contributed by atoms with Gasteiger partial charge in [0.25, 0.3) is 5.69 Å². The van der Waals surface area contributed by atoms with Gasteiger partial charge in [-0.25, -0.2) is 0 Å². The Balaban J connectivity index is 2.10. The number of nitrogens with one attached hydrogen (secondary N) is 1. The molecular weight excluding hydrogens is 244 g/mol. The summed E-state index contributed by atoms with van der Waals surface area (Å²) in [6.45, 7) is 4.51. The molecule has 0 spiro atoms. The molecule has 2 N–H and O–H groups in total. The van der Waals surface area contributed by atoms with Crippen LogP contribution in [0.1, 0.15) is 39.5 Å². The molecule has 0 bridgehead atoms. The highest BCUT2D eigenvalue weighted by Crippen LogP contribution is 2.37. The quantitative estimate of drug-likeness (QED) is 0.496. The molecule has 1 aliphatic rings. The summed E-state index contributed by atoms with van der Waals surface area (Å²) in [5.41, 5.74) is 0.802. The van der Waals surface area contributed by atoms with E-state index in [-0.39, 0.29) is 17.5 Å². The van der Waals surface area contributed by atoms with Crippen LogP contribution in [-0.4, -0.2) is 16.1 Å². The zero-order valence-electron chi connectivity index (χ0n) is 11.3. The lowest BCUT2D eigenvalue weighted by Gasteiger charge is -2.34. The Bertz CT molecular complexity index is 476. The second-order valence-electron chi connectivity index (χ2n) is 6.04. The van der Waals surface area contributed by atoms with Crippen molar-refractivity contribution in [3.05, 3.63) is 28.3 Å². The molecule has 0 aromatic heterocycles. The van der Waals surface area contributed by atoms with Crippen molar-refractivity contribution >= 4 is 11.4 Å². The smallest absolute Gasteiger partial charge is 0.296 e. The van der Waals surface area contributed by atoms with Crippen LogP contribution in [0.25, 0.3) is 0 Å². The van der Waals surface area contributed by atoms with Crippen molar-refractivity contribution in [2.75, 3.05) is 5.32 Å². The van der Waals surface area contributed by atoms with Crippen molar-refractivity contribution in [2.24, 2.45) is 5.41 Å². The molecule has 0 saturated heterocycles. The predicted molar refractivity (Wildman–Crippen MR) is 74.4 cm³/mol. The lowest BCUT2D eigenvalue weighted by Crippen LogP contribution is -2.30. The van der Waals surface area contributed by atoms with Crippen molar-refractivity contribution in [1.29, 1.82) is 0 Å². The van der Waals surface area contributed by atoms with Gasteiger partial charge in [0.2, 0.25) is 0 Å². The first-order valence-electron chi connectivity index (χ1n) is 6.61. The monoisotopic (exact) mass is 264 g/mol. The van der Waals surface area contributed by atoms with E-state index in [9.17, 15) is 15.2 Å². The number of hydrogen-bond acceptors (Lipinski definition) is 4. The molecular formula is C14H20N2O3. The number of hydrogen-bond donors (Lipinski definition) is 2. The van der Waals surface area contributed by atoms with Crippen molar-refractivity contribution < 1.29 is 10.0 Å². The van der Waals surface area contributed by atoms with Crippen molar-refractivity contribution in [3.8, 4) is 5.75 Å². The fraction of sp³-hybridized carbons (Fsp3) is 0.571. The Labute approximate surface area is 112 Å². The molecule has 1 saturated carbocycles. The van der Waals surface area contributed by atoms with Gasteiger partial charge in [-0.2, -0.15) is 0 Å². The Morgan fingerprint density at radius 2 is 2.00 bits per heavy atom. The zero-order valence-corrected chi connectivity index (χ0v) is 11.3. The highest BCUT2D eigenvalue weighted by molar-refractivity contribution is 5.64. The summed E-state index contributed by atoms with van der Waals surface area (Å²) in [4.78, 5) is 10.5. The van der Waals surface area contributed by atoms with Crippen LogP contribution in [-0.2, 0) is 0 Å². The third-order valence-corrected chi connectivity index (χ3v) is 3.88. The summed E-state index contributed by atoms with van der Waals surface area (Å²) in [5, 5.41) is 23.5. The van der Waals surface area contributed by atoms with E-state index in [1.165, 1.54) is 12.1 Å². The van der Waals surface area contributed by atoms with Crippen LogP contribution in [0.5, 0.6) is 5.75 Å². The fourth-order valence-electron chi connectivity index (χ4n) is 2.56. The van der Waals surface area contributed by atoms with Crippen molar-refractivity contribution in [2.45, 2.75) is 45.6 Å². The fourth-order valence-corrected chi connectivity index (χ4v) is 2.56. The second kappa shape index (κ2) is 5.07. The van der Waals surface area contributed by atoms with Gasteiger partial charge in [0.05, 0.1) is 11.0 Å². The van der Waals surface area contributed by atoms with E-state index in [0.717, 1.165) is 25.7 Å². The molecule has 104 valence electrons. The maximum absolute atomic E-state index is 11.0. The minimum absolute atomic E-state index is 0.0650. The van der Waals surface area contributed by atoms with Crippen LogP contribution in [0.15, 0.2) is 18.2 Å². The molecule has 0 unspecified atom stereocenters. The summed E-state index contributed by atoms with van der Waals surface area (Å²) >= 11 is 0. The summed E-state index contributed by atoms with van der Waals surface area (Å²) in [6.07, 6.45) is 4.28. The molecule has 1 fully saturated rings. The number of aromatic hydroxyl groups is 1. The Kier molecular flexibility index (Phi) is 3.64. The van der Waals surface area contributed by atoms with Gasteiger partial charge in [-0.3, -0.25) is 10.1 Å². The van der Waals surface area contributed by atoms with E-state index in [2.05, 4.69) is 19.2 Å².